The lowest BCUT2D eigenvalue weighted by Gasteiger charge is -2.37. The number of Topliss-reactive ketones (excluding diaryl/α,β-unsaturated/α-hetero) is 1. The molecule has 238 valence electrons. The molecule has 0 radical (unpaired) electrons. The minimum Gasteiger partial charge on any atom is -0.480 e. The molecule has 4 unspecified atom stereocenters. The number of nitrogens with one attached hydrogen (secondary N) is 2. The van der Waals surface area contributed by atoms with Crippen molar-refractivity contribution >= 4 is 47.2 Å². The second-order valence-corrected chi connectivity index (χ2v) is 16.9. The summed E-state index contributed by atoms with van der Waals surface area (Å²) in [6.45, 7) is 19.2. The third-order valence-electron chi connectivity index (χ3n) is 7.24. The average Bonchev–Trinajstić information content (AvgIpc) is 2.78. The Labute approximate surface area is 255 Å². The molecule has 1 rings (SSSR count). The molecule has 11 heteroatoms. The normalized spacial score (nSPS) is 19.7. The number of aliphatic carboxylic acids is 2. The second-order valence-electron chi connectivity index (χ2n) is 14.4. The SMILES string of the molecule is CC(C)(C)NC(CSC1CCC1SCC(NC(=O)C(C)(C)CCOC(C)(C)CCC(=O)C(C)(C)C)C(=O)O)C(=O)O. The molecule has 0 aliphatic heterocycles. The van der Waals surface area contributed by atoms with Gasteiger partial charge in [-0.05, 0) is 60.3 Å². The van der Waals surface area contributed by atoms with E-state index >= 15 is 0 Å². The number of hydrogen-bond donors (Lipinski definition) is 4. The van der Waals surface area contributed by atoms with E-state index in [-0.39, 0.29) is 38.9 Å². The number of rotatable bonds is 18. The molecule has 1 aliphatic carbocycles. The maximum Gasteiger partial charge on any atom is 0.327 e. The summed E-state index contributed by atoms with van der Waals surface area (Å²) in [6.07, 6.45) is 3.31. The van der Waals surface area contributed by atoms with Crippen LogP contribution in [-0.4, -0.2) is 85.7 Å². The molecule has 4 atom stereocenters. The van der Waals surface area contributed by atoms with Crippen LogP contribution < -0.4 is 10.6 Å². The molecule has 0 heterocycles. The molecule has 0 saturated heterocycles. The van der Waals surface area contributed by atoms with E-state index < -0.39 is 35.0 Å². The zero-order valence-electron chi connectivity index (χ0n) is 26.7. The Kier molecular flexibility index (Phi) is 14.2. The number of amides is 1. The standard InChI is InChI=1S/C30H54N2O7S2/c1-27(2,3)23(33)13-14-30(9,10)39-16-15-29(7,8)26(38)31-19(24(34)35)17-40-21-11-12-22(21)41-18-20(25(36)37)32-28(4,5)6/h19-22,32H,11-18H2,1-10H3,(H,31,38)(H,34,35)(H,36,37). The summed E-state index contributed by atoms with van der Waals surface area (Å²) >= 11 is 3.14. The third kappa shape index (κ3) is 14.1. The molecule has 9 nitrogen and oxygen atoms in total. The van der Waals surface area contributed by atoms with Gasteiger partial charge >= 0.3 is 11.9 Å². The van der Waals surface area contributed by atoms with Crippen LogP contribution in [0.25, 0.3) is 0 Å². The van der Waals surface area contributed by atoms with Gasteiger partial charge < -0.3 is 20.3 Å². The summed E-state index contributed by atoms with van der Waals surface area (Å²) in [7, 11) is 0. The number of carboxylic acid groups (broad SMARTS) is 2. The van der Waals surface area contributed by atoms with Crippen molar-refractivity contribution in [3.05, 3.63) is 0 Å². The summed E-state index contributed by atoms with van der Waals surface area (Å²) in [6, 6.07) is -1.67. The number of hydrogen-bond acceptors (Lipinski definition) is 8. The molecule has 41 heavy (non-hydrogen) atoms. The maximum atomic E-state index is 13.1. The highest BCUT2D eigenvalue weighted by Crippen LogP contribution is 2.40. The van der Waals surface area contributed by atoms with Gasteiger partial charge in [0.2, 0.25) is 5.91 Å². The molecular weight excluding hydrogens is 564 g/mol. The Morgan fingerprint density at radius 3 is 1.71 bits per heavy atom. The van der Waals surface area contributed by atoms with Gasteiger partial charge in [-0.1, -0.05) is 34.6 Å². The first-order chi connectivity index (χ1) is 18.5. The van der Waals surface area contributed by atoms with Crippen LogP contribution in [0.2, 0.25) is 0 Å². The number of ketones is 1. The third-order valence-corrected chi connectivity index (χ3v) is 10.4. The second kappa shape index (κ2) is 15.4. The molecule has 0 spiro atoms. The van der Waals surface area contributed by atoms with Crippen molar-refractivity contribution in [3.63, 3.8) is 0 Å². The maximum absolute atomic E-state index is 13.1. The van der Waals surface area contributed by atoms with Crippen molar-refractivity contribution < 1.29 is 34.1 Å². The minimum absolute atomic E-state index is 0.181. The van der Waals surface area contributed by atoms with Gasteiger partial charge in [0.25, 0.3) is 0 Å². The first-order valence-corrected chi connectivity index (χ1v) is 16.6. The van der Waals surface area contributed by atoms with Gasteiger partial charge in [-0.15, -0.1) is 0 Å². The van der Waals surface area contributed by atoms with Gasteiger partial charge in [-0.2, -0.15) is 23.5 Å². The van der Waals surface area contributed by atoms with Gasteiger partial charge in [0.1, 0.15) is 17.9 Å². The van der Waals surface area contributed by atoms with E-state index in [0.29, 0.717) is 31.6 Å². The number of carbonyl (C=O) groups excluding carboxylic acids is 2. The molecule has 4 N–H and O–H groups in total. The van der Waals surface area contributed by atoms with E-state index in [0.717, 1.165) is 12.8 Å². The van der Waals surface area contributed by atoms with Gasteiger partial charge in [-0.3, -0.25) is 19.7 Å². The van der Waals surface area contributed by atoms with Crippen LogP contribution in [0.4, 0.5) is 0 Å². The van der Waals surface area contributed by atoms with E-state index in [1.807, 2.05) is 55.4 Å². The molecule has 0 bridgehead atoms. The summed E-state index contributed by atoms with van der Waals surface area (Å²) in [5.41, 5.74) is -2.05. The molecule has 1 saturated carbocycles. The molecule has 0 aromatic rings. The Balaban J connectivity index is 2.56. The number of carbonyl (C=O) groups is 4. The van der Waals surface area contributed by atoms with E-state index in [1.54, 1.807) is 25.6 Å². The van der Waals surface area contributed by atoms with Crippen LogP contribution >= 0.6 is 23.5 Å². The number of ether oxygens (including phenoxy) is 1. The van der Waals surface area contributed by atoms with Gasteiger partial charge in [0.15, 0.2) is 0 Å². The van der Waals surface area contributed by atoms with Gasteiger partial charge in [0, 0.05) is 51.4 Å². The van der Waals surface area contributed by atoms with Crippen LogP contribution in [-0.2, 0) is 23.9 Å². The number of thioether (sulfide) groups is 2. The lowest BCUT2D eigenvalue weighted by atomic mass is 9.86. The smallest absolute Gasteiger partial charge is 0.327 e. The highest BCUT2D eigenvalue weighted by Gasteiger charge is 2.37. The summed E-state index contributed by atoms with van der Waals surface area (Å²) < 4.78 is 6.03. The predicted octanol–water partition coefficient (Wildman–Crippen LogP) is 5.00. The fourth-order valence-corrected chi connectivity index (χ4v) is 7.15. The van der Waals surface area contributed by atoms with Crippen molar-refractivity contribution in [2.45, 2.75) is 135 Å². The monoisotopic (exact) mass is 618 g/mol. The molecule has 1 amide bonds. The Hall–Kier alpha value is -1.30. The lowest BCUT2D eigenvalue weighted by molar-refractivity contribution is -0.143. The Morgan fingerprint density at radius 2 is 1.29 bits per heavy atom. The van der Waals surface area contributed by atoms with E-state index in [4.69, 9.17) is 4.74 Å². The quantitative estimate of drug-likeness (QED) is 0.166. The largest absolute Gasteiger partial charge is 0.480 e. The van der Waals surface area contributed by atoms with Crippen molar-refractivity contribution in [2.75, 3.05) is 18.1 Å². The van der Waals surface area contributed by atoms with Crippen LogP contribution in [0.15, 0.2) is 0 Å². The van der Waals surface area contributed by atoms with Gasteiger partial charge in [0.05, 0.1) is 5.60 Å². The van der Waals surface area contributed by atoms with Crippen LogP contribution in [0.5, 0.6) is 0 Å². The fourth-order valence-electron chi connectivity index (χ4n) is 4.04. The van der Waals surface area contributed by atoms with Crippen LogP contribution in [0.3, 0.4) is 0 Å². The zero-order valence-corrected chi connectivity index (χ0v) is 28.4. The van der Waals surface area contributed by atoms with E-state index in [2.05, 4.69) is 10.6 Å². The molecular formula is C30H54N2O7S2. The van der Waals surface area contributed by atoms with E-state index in [9.17, 15) is 29.4 Å². The minimum atomic E-state index is -1.08. The highest BCUT2D eigenvalue weighted by molar-refractivity contribution is 8.04. The first kappa shape index (κ1) is 37.7. The van der Waals surface area contributed by atoms with Gasteiger partial charge in [-0.25, -0.2) is 4.79 Å². The topological polar surface area (TPSA) is 142 Å². The fraction of sp³-hybridized carbons (Fsp3) is 0.867. The zero-order chi connectivity index (χ0) is 31.8. The molecule has 1 fully saturated rings. The summed E-state index contributed by atoms with van der Waals surface area (Å²) in [4.78, 5) is 48.9. The first-order valence-electron chi connectivity index (χ1n) is 14.5. The highest BCUT2D eigenvalue weighted by atomic mass is 32.2. The number of carboxylic acids is 2. The van der Waals surface area contributed by atoms with Crippen LogP contribution in [0, 0.1) is 10.8 Å². The lowest BCUT2D eigenvalue weighted by Crippen LogP contribution is -2.50. The molecule has 0 aromatic carbocycles. The van der Waals surface area contributed by atoms with Crippen molar-refractivity contribution in [3.8, 4) is 0 Å². The van der Waals surface area contributed by atoms with Crippen molar-refractivity contribution in [2.24, 2.45) is 10.8 Å². The van der Waals surface area contributed by atoms with Crippen molar-refractivity contribution in [1.82, 2.24) is 10.6 Å². The molecule has 1 aliphatic rings. The van der Waals surface area contributed by atoms with E-state index in [1.165, 1.54) is 11.8 Å². The Morgan fingerprint density at radius 1 is 0.805 bits per heavy atom. The predicted molar refractivity (Wildman–Crippen MR) is 168 cm³/mol. The summed E-state index contributed by atoms with van der Waals surface area (Å²) in [5.74, 6) is -1.43. The van der Waals surface area contributed by atoms with Crippen LogP contribution in [0.1, 0.15) is 101 Å². The Bertz CT molecular complexity index is 909. The average molecular weight is 619 g/mol. The summed E-state index contributed by atoms with van der Waals surface area (Å²) in [5, 5.41) is 25.7. The van der Waals surface area contributed by atoms with Crippen molar-refractivity contribution in [1.29, 1.82) is 0 Å². The molecule has 0 aromatic heterocycles.